The Hall–Kier alpha value is -1.59. The van der Waals surface area contributed by atoms with Crippen LogP contribution in [0.2, 0.25) is 5.02 Å². The second kappa shape index (κ2) is 6.72. The first-order chi connectivity index (χ1) is 9.60. The van der Waals surface area contributed by atoms with E-state index in [-0.39, 0.29) is 11.1 Å². The highest BCUT2D eigenvalue weighted by atomic mass is 35.5. The number of hydrogen-bond donors (Lipinski definition) is 1. The van der Waals surface area contributed by atoms with Gasteiger partial charge in [-0.25, -0.2) is 9.18 Å². The third-order valence-electron chi connectivity index (χ3n) is 3.22. The number of amides is 2. The van der Waals surface area contributed by atoms with Gasteiger partial charge >= 0.3 is 6.03 Å². The van der Waals surface area contributed by atoms with Gasteiger partial charge in [-0.3, -0.25) is 4.90 Å². The Bertz CT molecular complexity index is 501. The van der Waals surface area contributed by atoms with Crippen molar-refractivity contribution in [3.63, 3.8) is 0 Å². The molecular formula is C14H17ClFN3O. The lowest BCUT2D eigenvalue weighted by atomic mass is 10.3. The van der Waals surface area contributed by atoms with Crippen LogP contribution in [0.25, 0.3) is 0 Å². The molecule has 0 atom stereocenters. The molecule has 108 valence electrons. The van der Waals surface area contributed by atoms with Crippen molar-refractivity contribution in [3.05, 3.63) is 41.7 Å². The minimum absolute atomic E-state index is 0.00129. The number of benzene rings is 1. The summed E-state index contributed by atoms with van der Waals surface area (Å²) >= 11 is 5.68. The molecule has 1 N–H and O–H groups in total. The molecule has 1 aliphatic heterocycles. The summed E-state index contributed by atoms with van der Waals surface area (Å²) in [6.45, 7) is 7.51. The third kappa shape index (κ3) is 3.71. The average Bonchev–Trinajstić information content (AvgIpc) is 2.44. The Labute approximate surface area is 122 Å². The first-order valence-corrected chi connectivity index (χ1v) is 6.82. The number of halogens is 2. The number of nitrogens with zero attached hydrogens (tertiary/aromatic N) is 2. The smallest absolute Gasteiger partial charge is 0.321 e. The Morgan fingerprint density at radius 1 is 1.40 bits per heavy atom. The van der Waals surface area contributed by atoms with E-state index in [9.17, 15) is 9.18 Å². The lowest BCUT2D eigenvalue weighted by Crippen LogP contribution is -2.49. The molecule has 1 aliphatic rings. The number of piperazine rings is 1. The number of anilines is 1. The quantitative estimate of drug-likeness (QED) is 0.871. The maximum absolute atomic E-state index is 13.0. The van der Waals surface area contributed by atoms with Crippen molar-refractivity contribution in [1.82, 2.24) is 9.80 Å². The van der Waals surface area contributed by atoms with Crippen molar-refractivity contribution in [2.24, 2.45) is 0 Å². The largest absolute Gasteiger partial charge is 0.322 e. The van der Waals surface area contributed by atoms with E-state index in [0.29, 0.717) is 18.8 Å². The zero-order valence-electron chi connectivity index (χ0n) is 11.1. The minimum Gasteiger partial charge on any atom is -0.322 e. The standard InChI is InChI=1S/C14H17ClFN3O/c1-2-5-18-6-8-19(9-7-18)14(20)17-11-3-4-13(16)12(15)10-11/h2-4,10H,1,5-9H2,(H,17,20). The van der Waals surface area contributed by atoms with Crippen molar-refractivity contribution in [1.29, 1.82) is 0 Å². The van der Waals surface area contributed by atoms with Crippen LogP contribution in [-0.2, 0) is 0 Å². The number of carbonyl (C=O) groups excluding carboxylic acids is 1. The molecule has 0 bridgehead atoms. The number of urea groups is 1. The molecule has 0 radical (unpaired) electrons. The zero-order chi connectivity index (χ0) is 14.5. The summed E-state index contributed by atoms with van der Waals surface area (Å²) in [6, 6.07) is 3.95. The van der Waals surface area contributed by atoms with Crippen LogP contribution in [0, 0.1) is 5.82 Å². The van der Waals surface area contributed by atoms with E-state index < -0.39 is 5.82 Å². The van der Waals surface area contributed by atoms with Gasteiger partial charge in [0.25, 0.3) is 0 Å². The monoisotopic (exact) mass is 297 g/mol. The van der Waals surface area contributed by atoms with Gasteiger partial charge in [-0.15, -0.1) is 6.58 Å². The molecule has 0 unspecified atom stereocenters. The van der Waals surface area contributed by atoms with E-state index in [2.05, 4.69) is 16.8 Å². The van der Waals surface area contributed by atoms with Crippen LogP contribution in [-0.4, -0.2) is 48.6 Å². The van der Waals surface area contributed by atoms with Gasteiger partial charge in [0, 0.05) is 38.4 Å². The Morgan fingerprint density at radius 3 is 2.70 bits per heavy atom. The number of rotatable bonds is 3. The Balaban J connectivity index is 1.89. The van der Waals surface area contributed by atoms with Gasteiger partial charge in [-0.1, -0.05) is 17.7 Å². The first kappa shape index (κ1) is 14.8. The number of nitrogens with one attached hydrogen (secondary N) is 1. The Morgan fingerprint density at radius 2 is 2.10 bits per heavy atom. The third-order valence-corrected chi connectivity index (χ3v) is 3.51. The summed E-state index contributed by atoms with van der Waals surface area (Å²) in [4.78, 5) is 16.0. The molecule has 0 aliphatic carbocycles. The summed E-state index contributed by atoms with van der Waals surface area (Å²) < 4.78 is 13.0. The normalized spacial score (nSPS) is 16.0. The predicted molar refractivity (Wildman–Crippen MR) is 78.6 cm³/mol. The molecule has 1 saturated heterocycles. The van der Waals surface area contributed by atoms with Gasteiger partial charge in [0.2, 0.25) is 0 Å². The van der Waals surface area contributed by atoms with Gasteiger partial charge < -0.3 is 10.2 Å². The molecule has 0 saturated carbocycles. The minimum atomic E-state index is -0.497. The molecule has 1 fully saturated rings. The van der Waals surface area contributed by atoms with Gasteiger partial charge in [0.15, 0.2) is 0 Å². The van der Waals surface area contributed by atoms with Crippen LogP contribution in [0.5, 0.6) is 0 Å². The fraction of sp³-hybridized carbons (Fsp3) is 0.357. The van der Waals surface area contributed by atoms with E-state index in [4.69, 9.17) is 11.6 Å². The van der Waals surface area contributed by atoms with E-state index in [0.717, 1.165) is 19.6 Å². The van der Waals surface area contributed by atoms with E-state index in [1.165, 1.54) is 18.2 Å². The number of carbonyl (C=O) groups is 1. The number of hydrogen-bond acceptors (Lipinski definition) is 2. The molecule has 0 spiro atoms. The Kier molecular flexibility index (Phi) is 4.98. The topological polar surface area (TPSA) is 35.6 Å². The van der Waals surface area contributed by atoms with Crippen molar-refractivity contribution >= 4 is 23.3 Å². The maximum Gasteiger partial charge on any atom is 0.321 e. The second-order valence-corrected chi connectivity index (χ2v) is 5.04. The average molecular weight is 298 g/mol. The summed E-state index contributed by atoms with van der Waals surface area (Å²) in [5.41, 5.74) is 0.495. The van der Waals surface area contributed by atoms with Crippen LogP contribution >= 0.6 is 11.6 Å². The second-order valence-electron chi connectivity index (χ2n) is 4.64. The molecule has 1 heterocycles. The van der Waals surface area contributed by atoms with Crippen molar-refractivity contribution < 1.29 is 9.18 Å². The van der Waals surface area contributed by atoms with Crippen molar-refractivity contribution in [2.75, 3.05) is 38.0 Å². The lowest BCUT2D eigenvalue weighted by Gasteiger charge is -2.34. The molecule has 2 rings (SSSR count). The van der Waals surface area contributed by atoms with Crippen LogP contribution in [0.3, 0.4) is 0 Å². The van der Waals surface area contributed by atoms with E-state index >= 15 is 0 Å². The van der Waals surface area contributed by atoms with E-state index in [1.807, 2.05) is 6.08 Å². The van der Waals surface area contributed by atoms with Gasteiger partial charge in [-0.2, -0.15) is 0 Å². The predicted octanol–water partition coefficient (Wildman–Crippen LogP) is 2.81. The van der Waals surface area contributed by atoms with Crippen LogP contribution < -0.4 is 5.32 Å². The highest BCUT2D eigenvalue weighted by Gasteiger charge is 2.20. The zero-order valence-corrected chi connectivity index (χ0v) is 11.9. The van der Waals surface area contributed by atoms with Crippen LogP contribution in [0.1, 0.15) is 0 Å². The first-order valence-electron chi connectivity index (χ1n) is 6.44. The lowest BCUT2D eigenvalue weighted by molar-refractivity contribution is 0.156. The van der Waals surface area contributed by atoms with Crippen LogP contribution in [0.4, 0.5) is 14.9 Å². The van der Waals surface area contributed by atoms with E-state index in [1.54, 1.807) is 4.90 Å². The molecule has 20 heavy (non-hydrogen) atoms. The van der Waals surface area contributed by atoms with Gasteiger partial charge in [0.1, 0.15) is 5.82 Å². The summed E-state index contributed by atoms with van der Waals surface area (Å²) in [7, 11) is 0. The highest BCUT2D eigenvalue weighted by molar-refractivity contribution is 6.31. The fourth-order valence-corrected chi connectivity index (χ4v) is 2.27. The fourth-order valence-electron chi connectivity index (χ4n) is 2.09. The SMILES string of the molecule is C=CCN1CCN(C(=O)Nc2ccc(F)c(Cl)c2)CC1. The molecule has 2 amide bonds. The summed E-state index contributed by atoms with van der Waals surface area (Å²) in [5, 5.41) is 2.72. The molecule has 4 nitrogen and oxygen atoms in total. The molecule has 6 heteroatoms. The summed E-state index contributed by atoms with van der Waals surface area (Å²) in [6.07, 6.45) is 1.86. The van der Waals surface area contributed by atoms with Gasteiger partial charge in [-0.05, 0) is 18.2 Å². The molecular weight excluding hydrogens is 281 g/mol. The maximum atomic E-state index is 13.0. The van der Waals surface area contributed by atoms with Crippen LogP contribution in [0.15, 0.2) is 30.9 Å². The molecule has 1 aromatic rings. The molecule has 1 aromatic carbocycles. The highest BCUT2D eigenvalue weighted by Crippen LogP contribution is 2.19. The van der Waals surface area contributed by atoms with Crippen molar-refractivity contribution in [2.45, 2.75) is 0 Å². The van der Waals surface area contributed by atoms with Crippen molar-refractivity contribution in [3.8, 4) is 0 Å². The van der Waals surface area contributed by atoms with Gasteiger partial charge in [0.05, 0.1) is 5.02 Å². The summed E-state index contributed by atoms with van der Waals surface area (Å²) in [5.74, 6) is -0.497. The molecule has 0 aromatic heterocycles.